The van der Waals surface area contributed by atoms with Crippen LogP contribution in [0.1, 0.15) is 28.3 Å². The van der Waals surface area contributed by atoms with Crippen molar-refractivity contribution in [2.45, 2.75) is 26.1 Å². The lowest BCUT2D eigenvalue weighted by molar-refractivity contribution is -0.137. The van der Waals surface area contributed by atoms with Gasteiger partial charge in [0.15, 0.2) is 0 Å². The molecule has 5 heteroatoms. The Balaban J connectivity index is 2.15. The quantitative estimate of drug-likeness (QED) is 0.812. The number of alkyl halides is 3. The van der Waals surface area contributed by atoms with Crippen LogP contribution in [0.5, 0.6) is 0 Å². The van der Waals surface area contributed by atoms with Crippen LogP contribution in [0, 0.1) is 6.92 Å². The molecule has 1 aromatic heterocycles. The second kappa shape index (κ2) is 5.25. The molecule has 1 N–H and O–H groups in total. The SMILES string of the molecule is Cc1ccc(C(C)Nc2cccc(C(F)(F)F)c2)s1. The van der Waals surface area contributed by atoms with E-state index in [0.29, 0.717) is 5.69 Å². The molecule has 1 atom stereocenters. The summed E-state index contributed by atoms with van der Waals surface area (Å²) in [6, 6.07) is 9.25. The third-order valence-electron chi connectivity index (χ3n) is 2.76. The number of anilines is 1. The van der Waals surface area contributed by atoms with E-state index in [1.807, 2.05) is 26.0 Å². The smallest absolute Gasteiger partial charge is 0.378 e. The number of benzene rings is 1. The summed E-state index contributed by atoms with van der Waals surface area (Å²) in [4.78, 5) is 2.29. The third kappa shape index (κ3) is 3.50. The average Bonchev–Trinajstić information content (AvgIpc) is 2.75. The fraction of sp³-hybridized carbons (Fsp3) is 0.286. The summed E-state index contributed by atoms with van der Waals surface area (Å²) >= 11 is 1.64. The molecule has 19 heavy (non-hydrogen) atoms. The van der Waals surface area contributed by atoms with E-state index in [1.165, 1.54) is 10.9 Å². The van der Waals surface area contributed by atoms with Gasteiger partial charge in [-0.2, -0.15) is 13.2 Å². The van der Waals surface area contributed by atoms with Gasteiger partial charge in [-0.05, 0) is 44.2 Å². The minimum atomic E-state index is -4.31. The van der Waals surface area contributed by atoms with Crippen molar-refractivity contribution in [1.82, 2.24) is 0 Å². The second-order valence-corrected chi connectivity index (χ2v) is 5.71. The molecule has 102 valence electrons. The highest BCUT2D eigenvalue weighted by Crippen LogP contribution is 2.32. The molecule has 1 nitrogen and oxygen atoms in total. The van der Waals surface area contributed by atoms with Gasteiger partial charge in [0.25, 0.3) is 0 Å². The van der Waals surface area contributed by atoms with Crippen molar-refractivity contribution in [2.75, 3.05) is 5.32 Å². The first-order chi connectivity index (χ1) is 8.86. The number of hydrogen-bond acceptors (Lipinski definition) is 2. The normalized spacial score (nSPS) is 13.3. The van der Waals surface area contributed by atoms with E-state index >= 15 is 0 Å². The van der Waals surface area contributed by atoms with Crippen LogP contribution in [-0.4, -0.2) is 0 Å². The summed E-state index contributed by atoms with van der Waals surface area (Å²) in [5, 5.41) is 3.09. The highest BCUT2D eigenvalue weighted by molar-refractivity contribution is 7.12. The Morgan fingerprint density at radius 1 is 1.16 bits per heavy atom. The molecule has 0 amide bonds. The lowest BCUT2D eigenvalue weighted by atomic mass is 10.1. The maximum atomic E-state index is 12.6. The molecule has 2 aromatic rings. The van der Waals surface area contributed by atoms with Gasteiger partial charge in [-0.25, -0.2) is 0 Å². The van der Waals surface area contributed by atoms with Crippen LogP contribution in [0.15, 0.2) is 36.4 Å². The van der Waals surface area contributed by atoms with E-state index in [-0.39, 0.29) is 6.04 Å². The van der Waals surface area contributed by atoms with E-state index in [2.05, 4.69) is 5.32 Å². The van der Waals surface area contributed by atoms with Crippen molar-refractivity contribution in [3.63, 3.8) is 0 Å². The predicted molar refractivity (Wildman–Crippen MR) is 72.5 cm³/mol. The number of halogens is 3. The van der Waals surface area contributed by atoms with Crippen LogP contribution in [0.2, 0.25) is 0 Å². The third-order valence-corrected chi connectivity index (χ3v) is 3.94. The Morgan fingerprint density at radius 2 is 1.89 bits per heavy atom. The Bertz CT molecular complexity index is 560. The fourth-order valence-corrected chi connectivity index (χ4v) is 2.67. The maximum Gasteiger partial charge on any atom is 0.416 e. The zero-order valence-corrected chi connectivity index (χ0v) is 11.4. The van der Waals surface area contributed by atoms with Crippen LogP contribution in [0.3, 0.4) is 0 Å². The first-order valence-corrected chi connectivity index (χ1v) is 6.68. The van der Waals surface area contributed by atoms with Crippen molar-refractivity contribution in [1.29, 1.82) is 0 Å². The molecule has 0 bridgehead atoms. The molecule has 1 aromatic carbocycles. The molecule has 0 radical (unpaired) electrons. The van der Waals surface area contributed by atoms with Gasteiger partial charge in [0.1, 0.15) is 0 Å². The number of nitrogens with one attached hydrogen (secondary N) is 1. The van der Waals surface area contributed by atoms with Gasteiger partial charge in [0.05, 0.1) is 11.6 Å². The molecular formula is C14H14F3NS. The molecule has 0 aliphatic carbocycles. The molecule has 0 aliphatic heterocycles. The first kappa shape index (κ1) is 13.9. The Morgan fingerprint density at radius 3 is 2.47 bits per heavy atom. The average molecular weight is 285 g/mol. The van der Waals surface area contributed by atoms with Gasteiger partial charge in [-0.15, -0.1) is 11.3 Å². The van der Waals surface area contributed by atoms with E-state index in [4.69, 9.17) is 0 Å². The molecule has 1 unspecified atom stereocenters. The van der Waals surface area contributed by atoms with Gasteiger partial charge >= 0.3 is 6.18 Å². The Kier molecular flexibility index (Phi) is 3.85. The lowest BCUT2D eigenvalue weighted by Gasteiger charge is -2.15. The topological polar surface area (TPSA) is 12.0 Å². The van der Waals surface area contributed by atoms with Crippen LogP contribution in [-0.2, 0) is 6.18 Å². The fourth-order valence-electron chi connectivity index (χ4n) is 1.79. The molecule has 0 fully saturated rings. The summed E-state index contributed by atoms with van der Waals surface area (Å²) in [5.41, 5.74) is -0.152. The Labute approximate surface area is 114 Å². The van der Waals surface area contributed by atoms with Crippen LogP contribution >= 0.6 is 11.3 Å². The molecule has 0 aliphatic rings. The summed E-state index contributed by atoms with van der Waals surface area (Å²) in [6.45, 7) is 3.94. The minimum Gasteiger partial charge on any atom is -0.378 e. The van der Waals surface area contributed by atoms with Crippen molar-refractivity contribution < 1.29 is 13.2 Å². The van der Waals surface area contributed by atoms with E-state index in [0.717, 1.165) is 17.0 Å². The van der Waals surface area contributed by atoms with Crippen LogP contribution in [0.25, 0.3) is 0 Å². The summed E-state index contributed by atoms with van der Waals surface area (Å²) < 4.78 is 37.8. The van der Waals surface area contributed by atoms with Crippen molar-refractivity contribution >= 4 is 17.0 Å². The monoisotopic (exact) mass is 285 g/mol. The van der Waals surface area contributed by atoms with Gasteiger partial charge in [0, 0.05) is 15.4 Å². The van der Waals surface area contributed by atoms with Gasteiger partial charge < -0.3 is 5.32 Å². The largest absolute Gasteiger partial charge is 0.416 e. The number of hydrogen-bond donors (Lipinski definition) is 1. The van der Waals surface area contributed by atoms with Crippen LogP contribution in [0.4, 0.5) is 18.9 Å². The zero-order valence-electron chi connectivity index (χ0n) is 10.6. The highest BCUT2D eigenvalue weighted by atomic mass is 32.1. The molecule has 2 rings (SSSR count). The number of rotatable bonds is 3. The highest BCUT2D eigenvalue weighted by Gasteiger charge is 2.30. The van der Waals surface area contributed by atoms with Crippen molar-refractivity contribution in [3.05, 3.63) is 51.7 Å². The van der Waals surface area contributed by atoms with E-state index in [1.54, 1.807) is 17.4 Å². The molecule has 0 saturated heterocycles. The second-order valence-electron chi connectivity index (χ2n) is 4.39. The van der Waals surface area contributed by atoms with Gasteiger partial charge in [0.2, 0.25) is 0 Å². The maximum absolute atomic E-state index is 12.6. The molecule has 0 spiro atoms. The van der Waals surface area contributed by atoms with Crippen LogP contribution < -0.4 is 5.32 Å². The summed E-state index contributed by atoms with van der Waals surface area (Å²) in [5.74, 6) is 0. The molecular weight excluding hydrogens is 271 g/mol. The van der Waals surface area contributed by atoms with Gasteiger partial charge in [-0.1, -0.05) is 6.07 Å². The molecule has 0 saturated carbocycles. The number of thiophene rings is 1. The summed E-state index contributed by atoms with van der Waals surface area (Å²) in [6.07, 6.45) is -4.31. The minimum absolute atomic E-state index is 0.0119. The zero-order chi connectivity index (χ0) is 14.0. The standard InChI is InChI=1S/C14H14F3NS/c1-9-6-7-13(19-9)10(2)18-12-5-3-4-11(8-12)14(15,16)17/h3-8,10,18H,1-2H3. The number of aryl methyl sites for hydroxylation is 1. The van der Waals surface area contributed by atoms with E-state index in [9.17, 15) is 13.2 Å². The molecule has 1 heterocycles. The van der Waals surface area contributed by atoms with E-state index < -0.39 is 11.7 Å². The predicted octanol–water partition coefficient (Wildman–Crippen LogP) is 5.25. The Hall–Kier alpha value is -1.49. The van der Waals surface area contributed by atoms with Crippen molar-refractivity contribution in [3.8, 4) is 0 Å². The van der Waals surface area contributed by atoms with Gasteiger partial charge in [-0.3, -0.25) is 0 Å². The lowest BCUT2D eigenvalue weighted by Crippen LogP contribution is -2.08. The first-order valence-electron chi connectivity index (χ1n) is 5.86. The van der Waals surface area contributed by atoms with Crippen molar-refractivity contribution in [2.24, 2.45) is 0 Å². The summed E-state index contributed by atoms with van der Waals surface area (Å²) in [7, 11) is 0.